The predicted octanol–water partition coefficient (Wildman–Crippen LogP) is 1.91. The Morgan fingerprint density at radius 3 is 2.56 bits per heavy atom. The van der Waals surface area contributed by atoms with Gasteiger partial charge in [-0.25, -0.2) is 4.68 Å². The molecule has 0 aliphatic carbocycles. The molecule has 0 radical (unpaired) electrons. The molecule has 0 saturated carbocycles. The SMILES string of the molecule is CC(C)C(O)CNc1cnn(C(C)C)c(=O)c1Cl. The second-order valence-corrected chi connectivity index (χ2v) is 5.29. The number of halogens is 1. The Labute approximate surface area is 112 Å². The summed E-state index contributed by atoms with van der Waals surface area (Å²) in [6.45, 7) is 7.90. The van der Waals surface area contributed by atoms with E-state index in [0.29, 0.717) is 12.2 Å². The zero-order valence-electron chi connectivity index (χ0n) is 11.1. The van der Waals surface area contributed by atoms with Gasteiger partial charge in [0.05, 0.1) is 24.0 Å². The lowest BCUT2D eigenvalue weighted by molar-refractivity contribution is 0.138. The Kier molecular flexibility index (Phi) is 5.16. The van der Waals surface area contributed by atoms with E-state index in [2.05, 4.69) is 10.4 Å². The third-order valence-electron chi connectivity index (χ3n) is 2.70. The van der Waals surface area contributed by atoms with Gasteiger partial charge in [-0.1, -0.05) is 25.4 Å². The van der Waals surface area contributed by atoms with Gasteiger partial charge in [-0.05, 0) is 19.8 Å². The zero-order valence-corrected chi connectivity index (χ0v) is 11.9. The number of nitrogens with zero attached hydrogens (tertiary/aromatic N) is 2. The van der Waals surface area contributed by atoms with Gasteiger partial charge < -0.3 is 10.4 Å². The molecular weight excluding hydrogens is 254 g/mol. The van der Waals surface area contributed by atoms with Crippen LogP contribution in [0.5, 0.6) is 0 Å². The first-order valence-corrected chi connectivity index (χ1v) is 6.41. The topological polar surface area (TPSA) is 67.2 Å². The summed E-state index contributed by atoms with van der Waals surface area (Å²) in [5.74, 6) is 0.139. The van der Waals surface area contributed by atoms with Crippen LogP contribution in [0.25, 0.3) is 0 Å². The van der Waals surface area contributed by atoms with E-state index in [9.17, 15) is 9.90 Å². The number of hydrogen-bond acceptors (Lipinski definition) is 4. The molecule has 2 N–H and O–H groups in total. The monoisotopic (exact) mass is 273 g/mol. The molecular formula is C12H20ClN3O2. The average Bonchev–Trinajstić information content (AvgIpc) is 2.30. The number of aliphatic hydroxyl groups is 1. The summed E-state index contributed by atoms with van der Waals surface area (Å²) in [5.41, 5.74) is 0.133. The van der Waals surface area contributed by atoms with Gasteiger partial charge in [-0.3, -0.25) is 4.79 Å². The lowest BCUT2D eigenvalue weighted by atomic mass is 10.1. The van der Waals surface area contributed by atoms with Gasteiger partial charge in [-0.2, -0.15) is 5.10 Å². The van der Waals surface area contributed by atoms with E-state index in [1.165, 1.54) is 10.9 Å². The van der Waals surface area contributed by atoms with E-state index in [4.69, 9.17) is 11.6 Å². The maximum absolute atomic E-state index is 11.9. The normalized spacial score (nSPS) is 13.1. The molecule has 0 aliphatic heterocycles. The quantitative estimate of drug-likeness (QED) is 0.860. The molecule has 1 rings (SSSR count). The minimum absolute atomic E-state index is 0.0368. The zero-order chi connectivity index (χ0) is 13.9. The largest absolute Gasteiger partial charge is 0.391 e. The van der Waals surface area contributed by atoms with Crippen LogP contribution in [-0.2, 0) is 0 Å². The third-order valence-corrected chi connectivity index (χ3v) is 3.07. The van der Waals surface area contributed by atoms with Crippen molar-refractivity contribution in [2.24, 2.45) is 5.92 Å². The Morgan fingerprint density at radius 1 is 1.44 bits per heavy atom. The summed E-state index contributed by atoms with van der Waals surface area (Å²) < 4.78 is 1.33. The maximum atomic E-state index is 11.9. The number of aliphatic hydroxyl groups excluding tert-OH is 1. The molecule has 102 valence electrons. The van der Waals surface area contributed by atoms with Crippen LogP contribution in [0.15, 0.2) is 11.0 Å². The van der Waals surface area contributed by atoms with Crippen molar-refractivity contribution in [3.8, 4) is 0 Å². The molecule has 1 heterocycles. The summed E-state index contributed by atoms with van der Waals surface area (Å²) in [6, 6.07) is -0.0368. The molecule has 1 aromatic heterocycles. The van der Waals surface area contributed by atoms with Gasteiger partial charge in [0.2, 0.25) is 0 Å². The lowest BCUT2D eigenvalue weighted by Gasteiger charge is -2.17. The summed E-state index contributed by atoms with van der Waals surface area (Å²) in [7, 11) is 0. The molecule has 1 aromatic rings. The van der Waals surface area contributed by atoms with Gasteiger partial charge in [0, 0.05) is 6.54 Å². The van der Waals surface area contributed by atoms with E-state index in [1.807, 2.05) is 27.7 Å². The van der Waals surface area contributed by atoms with Crippen LogP contribution < -0.4 is 10.9 Å². The molecule has 0 aromatic carbocycles. The van der Waals surface area contributed by atoms with Crippen molar-refractivity contribution in [3.05, 3.63) is 21.6 Å². The van der Waals surface area contributed by atoms with Gasteiger partial charge in [0.1, 0.15) is 5.02 Å². The Balaban J connectivity index is 2.86. The first kappa shape index (κ1) is 15.0. The standard InChI is InChI=1S/C12H20ClN3O2/c1-7(2)10(17)6-14-9-5-15-16(8(3)4)12(18)11(9)13/h5,7-8,10,14,17H,6H2,1-4H3. The predicted molar refractivity (Wildman–Crippen MR) is 73.2 cm³/mol. The van der Waals surface area contributed by atoms with Crippen LogP contribution in [0, 0.1) is 5.92 Å². The fourth-order valence-corrected chi connectivity index (χ4v) is 1.59. The van der Waals surface area contributed by atoms with E-state index in [0.717, 1.165) is 0 Å². The van der Waals surface area contributed by atoms with Crippen molar-refractivity contribution in [1.29, 1.82) is 0 Å². The van der Waals surface area contributed by atoms with Gasteiger partial charge in [-0.15, -0.1) is 0 Å². The maximum Gasteiger partial charge on any atom is 0.287 e. The van der Waals surface area contributed by atoms with Gasteiger partial charge >= 0.3 is 0 Å². The van der Waals surface area contributed by atoms with Crippen LogP contribution in [0.3, 0.4) is 0 Å². The van der Waals surface area contributed by atoms with Crippen LogP contribution in [0.1, 0.15) is 33.7 Å². The highest BCUT2D eigenvalue weighted by Gasteiger charge is 2.13. The van der Waals surface area contributed by atoms with Crippen LogP contribution in [-0.4, -0.2) is 27.5 Å². The molecule has 5 nitrogen and oxygen atoms in total. The molecule has 0 amide bonds. The van der Waals surface area contributed by atoms with E-state index < -0.39 is 6.10 Å². The average molecular weight is 274 g/mol. The van der Waals surface area contributed by atoms with Crippen molar-refractivity contribution >= 4 is 17.3 Å². The minimum atomic E-state index is -0.492. The molecule has 1 atom stereocenters. The third kappa shape index (κ3) is 3.46. The second-order valence-electron chi connectivity index (χ2n) is 4.91. The highest BCUT2D eigenvalue weighted by molar-refractivity contribution is 6.32. The first-order chi connectivity index (χ1) is 8.34. The summed E-state index contributed by atoms with van der Waals surface area (Å²) in [6.07, 6.45) is 1.02. The molecule has 0 bridgehead atoms. The molecule has 0 spiro atoms. The summed E-state index contributed by atoms with van der Waals surface area (Å²) in [4.78, 5) is 11.9. The Hall–Kier alpha value is -1.07. The number of rotatable bonds is 5. The van der Waals surface area contributed by atoms with E-state index in [-0.39, 0.29) is 22.5 Å². The van der Waals surface area contributed by atoms with Crippen molar-refractivity contribution in [1.82, 2.24) is 9.78 Å². The number of aromatic nitrogens is 2. The summed E-state index contributed by atoms with van der Waals surface area (Å²) >= 11 is 5.99. The molecule has 18 heavy (non-hydrogen) atoms. The van der Waals surface area contributed by atoms with Crippen molar-refractivity contribution in [2.75, 3.05) is 11.9 Å². The van der Waals surface area contributed by atoms with E-state index >= 15 is 0 Å². The fourth-order valence-electron chi connectivity index (χ4n) is 1.39. The highest BCUT2D eigenvalue weighted by atomic mass is 35.5. The number of nitrogens with one attached hydrogen (secondary N) is 1. The van der Waals surface area contributed by atoms with Crippen LogP contribution in [0.4, 0.5) is 5.69 Å². The van der Waals surface area contributed by atoms with Gasteiger partial charge in [0.25, 0.3) is 5.56 Å². The number of anilines is 1. The summed E-state index contributed by atoms with van der Waals surface area (Å²) in [5, 5.41) is 16.8. The fraction of sp³-hybridized carbons (Fsp3) is 0.667. The molecule has 0 fully saturated rings. The Morgan fingerprint density at radius 2 is 2.06 bits per heavy atom. The van der Waals surface area contributed by atoms with Crippen LogP contribution >= 0.6 is 11.6 Å². The molecule has 0 aliphatic rings. The van der Waals surface area contributed by atoms with Crippen LogP contribution in [0.2, 0.25) is 5.02 Å². The van der Waals surface area contributed by atoms with Crippen molar-refractivity contribution < 1.29 is 5.11 Å². The number of hydrogen-bond donors (Lipinski definition) is 2. The second kappa shape index (κ2) is 6.20. The smallest absolute Gasteiger partial charge is 0.287 e. The lowest BCUT2D eigenvalue weighted by Crippen LogP contribution is -2.28. The molecule has 6 heteroatoms. The van der Waals surface area contributed by atoms with Gasteiger partial charge in [0.15, 0.2) is 0 Å². The molecule has 1 unspecified atom stereocenters. The van der Waals surface area contributed by atoms with E-state index in [1.54, 1.807) is 0 Å². The minimum Gasteiger partial charge on any atom is -0.391 e. The molecule has 0 saturated heterocycles. The van der Waals surface area contributed by atoms with Crippen molar-refractivity contribution in [2.45, 2.75) is 39.8 Å². The Bertz CT molecular complexity index is 457. The first-order valence-electron chi connectivity index (χ1n) is 6.03. The van der Waals surface area contributed by atoms with Crippen molar-refractivity contribution in [3.63, 3.8) is 0 Å². The highest BCUT2D eigenvalue weighted by Crippen LogP contribution is 2.16.